The number of amides is 1. The first-order chi connectivity index (χ1) is 6.36. The molecule has 1 fully saturated rings. The lowest BCUT2D eigenvalue weighted by atomic mass is 10.2. The van der Waals surface area contributed by atoms with Crippen molar-refractivity contribution >= 4 is 5.91 Å². The van der Waals surface area contributed by atoms with Gasteiger partial charge < -0.3 is 4.90 Å². The number of rotatable bonds is 1. The third kappa shape index (κ3) is 4.08. The molecule has 1 aliphatic rings. The van der Waals surface area contributed by atoms with Crippen LogP contribution in [0.15, 0.2) is 36.6 Å². The third-order valence-electron chi connectivity index (χ3n) is 2.20. The number of hydrogen-bond acceptors (Lipinski definition) is 1. The van der Waals surface area contributed by atoms with Gasteiger partial charge in [-0.1, -0.05) is 30.9 Å². The molecule has 78 valence electrons. The molecule has 1 rings (SSSR count). The molecule has 0 aliphatic carbocycles. The molecule has 1 heterocycles. The molecule has 0 aromatic rings. The van der Waals surface area contributed by atoms with Crippen LogP contribution in [0.3, 0.4) is 0 Å². The minimum absolute atomic E-state index is 0.190. The number of hydrogen-bond donors (Lipinski definition) is 0. The van der Waals surface area contributed by atoms with Crippen LogP contribution in [0.25, 0.3) is 0 Å². The van der Waals surface area contributed by atoms with Crippen LogP contribution in [0.1, 0.15) is 26.7 Å². The average Bonchev–Trinajstić information content (AvgIpc) is 2.37. The smallest absolute Gasteiger partial charge is 0.226 e. The molecule has 0 aromatic carbocycles. The molecule has 1 amide bonds. The molecule has 0 bridgehead atoms. The van der Waals surface area contributed by atoms with Crippen molar-refractivity contribution in [2.75, 3.05) is 7.05 Å². The van der Waals surface area contributed by atoms with Crippen molar-refractivity contribution in [3.63, 3.8) is 0 Å². The fraction of sp³-hybridized carbons (Fsp3) is 0.417. The maximum atomic E-state index is 10.6. The van der Waals surface area contributed by atoms with Crippen LogP contribution < -0.4 is 0 Å². The zero-order chi connectivity index (χ0) is 11.3. The van der Waals surface area contributed by atoms with E-state index in [1.165, 1.54) is 0 Å². The van der Waals surface area contributed by atoms with Crippen LogP contribution >= 0.6 is 0 Å². The molecule has 0 N–H and O–H groups in total. The Morgan fingerprint density at radius 3 is 1.71 bits per heavy atom. The highest BCUT2D eigenvalue weighted by Gasteiger charge is 2.18. The number of carbonyl (C=O) groups is 1. The average molecular weight is 193 g/mol. The Labute approximate surface area is 86.6 Å². The van der Waals surface area contributed by atoms with E-state index in [1.807, 2.05) is 13.8 Å². The molecule has 2 nitrogen and oxygen atoms in total. The Kier molecular flexibility index (Phi) is 4.92. The molecule has 2 heteroatoms. The van der Waals surface area contributed by atoms with Crippen molar-refractivity contribution in [2.24, 2.45) is 0 Å². The summed E-state index contributed by atoms with van der Waals surface area (Å²) in [5.41, 5.74) is 3.07. The molecule has 0 atom stereocenters. The van der Waals surface area contributed by atoms with Gasteiger partial charge in [0.05, 0.1) is 0 Å². The van der Waals surface area contributed by atoms with Gasteiger partial charge in [0.25, 0.3) is 0 Å². The first-order valence-electron chi connectivity index (χ1n) is 4.62. The van der Waals surface area contributed by atoms with E-state index in [-0.39, 0.29) is 5.91 Å². The summed E-state index contributed by atoms with van der Waals surface area (Å²) in [7, 11) is 1.76. The minimum Gasteiger partial charge on any atom is -0.320 e. The molecule has 1 saturated heterocycles. The van der Waals surface area contributed by atoms with Crippen molar-refractivity contribution < 1.29 is 4.79 Å². The molecule has 1 aliphatic heterocycles. The summed E-state index contributed by atoms with van der Waals surface area (Å²) in [6.07, 6.45) is 1.49. The second kappa shape index (κ2) is 5.43. The van der Waals surface area contributed by atoms with Crippen molar-refractivity contribution in [1.29, 1.82) is 0 Å². The summed E-state index contributed by atoms with van der Waals surface area (Å²) in [5, 5.41) is 0. The van der Waals surface area contributed by atoms with E-state index >= 15 is 0 Å². The van der Waals surface area contributed by atoms with Gasteiger partial charge in [-0.2, -0.15) is 0 Å². The first-order valence-corrected chi connectivity index (χ1v) is 4.62. The maximum absolute atomic E-state index is 10.6. The second-order valence-corrected chi connectivity index (χ2v) is 3.58. The van der Waals surface area contributed by atoms with E-state index in [2.05, 4.69) is 19.7 Å². The van der Waals surface area contributed by atoms with Gasteiger partial charge in [0.15, 0.2) is 0 Å². The third-order valence-corrected chi connectivity index (χ3v) is 2.20. The van der Waals surface area contributed by atoms with Gasteiger partial charge in [-0.15, -0.1) is 0 Å². The predicted octanol–water partition coefficient (Wildman–Crippen LogP) is 2.89. The number of likely N-dealkylation sites (tertiary alicyclic amines) is 1. The van der Waals surface area contributed by atoms with Gasteiger partial charge in [0, 0.05) is 19.2 Å². The molecule has 0 unspecified atom stereocenters. The van der Waals surface area contributed by atoms with Gasteiger partial charge in [0.1, 0.15) is 0 Å². The summed E-state index contributed by atoms with van der Waals surface area (Å²) in [6, 6.07) is 0. The molecular formula is C12H19NO. The molecule has 0 aromatic heterocycles. The van der Waals surface area contributed by atoms with Crippen molar-refractivity contribution in [2.45, 2.75) is 26.7 Å². The fourth-order valence-electron chi connectivity index (χ4n) is 0.763. The SMILES string of the molecule is C=C(C)C(=C)C.C=C1CCC(=O)N1C. The minimum atomic E-state index is 0.190. The lowest BCUT2D eigenvalue weighted by Gasteiger charge is -2.06. The summed E-state index contributed by atoms with van der Waals surface area (Å²) < 4.78 is 0. The Morgan fingerprint density at radius 2 is 1.64 bits per heavy atom. The van der Waals surface area contributed by atoms with Gasteiger partial charge in [-0.05, 0) is 20.3 Å². The first kappa shape index (κ1) is 12.7. The van der Waals surface area contributed by atoms with Crippen molar-refractivity contribution in [3.8, 4) is 0 Å². The standard InChI is InChI=1S/C6H9NO.C6H10/c1-5-3-4-6(8)7(5)2;1-5(2)6(3)4/h1,3-4H2,2H3;1,3H2,2,4H3. The summed E-state index contributed by atoms with van der Waals surface area (Å²) >= 11 is 0. The van der Waals surface area contributed by atoms with E-state index in [1.54, 1.807) is 11.9 Å². The monoisotopic (exact) mass is 193 g/mol. The predicted molar refractivity (Wildman–Crippen MR) is 60.8 cm³/mol. The molecule has 14 heavy (non-hydrogen) atoms. The van der Waals surface area contributed by atoms with E-state index < -0.39 is 0 Å². The zero-order valence-electron chi connectivity index (χ0n) is 9.39. The van der Waals surface area contributed by atoms with Crippen LogP contribution in [0.5, 0.6) is 0 Å². The zero-order valence-corrected chi connectivity index (χ0v) is 9.39. The van der Waals surface area contributed by atoms with Crippen LogP contribution in [-0.2, 0) is 4.79 Å². The lowest BCUT2D eigenvalue weighted by molar-refractivity contribution is -0.125. The van der Waals surface area contributed by atoms with E-state index in [0.717, 1.165) is 23.3 Å². The second-order valence-electron chi connectivity index (χ2n) is 3.58. The number of allylic oxidation sites excluding steroid dienone is 3. The van der Waals surface area contributed by atoms with Crippen LogP contribution in [-0.4, -0.2) is 17.9 Å². The van der Waals surface area contributed by atoms with Gasteiger partial charge in [0.2, 0.25) is 5.91 Å². The van der Waals surface area contributed by atoms with Gasteiger partial charge in [-0.25, -0.2) is 0 Å². The largest absolute Gasteiger partial charge is 0.320 e. The topological polar surface area (TPSA) is 20.3 Å². The highest BCUT2D eigenvalue weighted by Crippen LogP contribution is 2.16. The van der Waals surface area contributed by atoms with E-state index in [0.29, 0.717) is 6.42 Å². The van der Waals surface area contributed by atoms with E-state index in [4.69, 9.17) is 0 Å². The molecule has 0 spiro atoms. The number of carbonyl (C=O) groups excluding carboxylic acids is 1. The lowest BCUT2D eigenvalue weighted by Crippen LogP contribution is -2.16. The normalized spacial score (nSPS) is 14.9. The summed E-state index contributed by atoms with van der Waals surface area (Å²) in [5.74, 6) is 0.190. The van der Waals surface area contributed by atoms with Crippen molar-refractivity contribution in [3.05, 3.63) is 36.6 Å². The molecule has 0 saturated carbocycles. The van der Waals surface area contributed by atoms with Crippen LogP contribution in [0.2, 0.25) is 0 Å². The Hall–Kier alpha value is -1.31. The summed E-state index contributed by atoms with van der Waals surface area (Å²) in [6.45, 7) is 14.9. The Bertz CT molecular complexity index is 248. The quantitative estimate of drug-likeness (QED) is 0.586. The van der Waals surface area contributed by atoms with Gasteiger partial charge >= 0.3 is 0 Å². The van der Waals surface area contributed by atoms with Gasteiger partial charge in [-0.3, -0.25) is 4.79 Å². The highest BCUT2D eigenvalue weighted by molar-refractivity contribution is 5.80. The molecule has 0 radical (unpaired) electrons. The highest BCUT2D eigenvalue weighted by atomic mass is 16.2. The molecular weight excluding hydrogens is 174 g/mol. The van der Waals surface area contributed by atoms with E-state index in [9.17, 15) is 4.79 Å². The van der Waals surface area contributed by atoms with Crippen LogP contribution in [0.4, 0.5) is 0 Å². The maximum Gasteiger partial charge on any atom is 0.226 e. The van der Waals surface area contributed by atoms with Crippen molar-refractivity contribution in [1.82, 2.24) is 4.90 Å². The summed E-state index contributed by atoms with van der Waals surface area (Å²) in [4.78, 5) is 12.3. The fourth-order valence-corrected chi connectivity index (χ4v) is 0.763. The number of nitrogens with zero attached hydrogens (tertiary/aromatic N) is 1. The Morgan fingerprint density at radius 1 is 1.21 bits per heavy atom. The Balaban J connectivity index is 0.000000255. The van der Waals surface area contributed by atoms with Crippen LogP contribution in [0, 0.1) is 0 Å².